The average Bonchev–Trinajstić information content (AvgIpc) is 3.34. The molecule has 19 heteroatoms. The van der Waals surface area contributed by atoms with Gasteiger partial charge in [0.25, 0.3) is 0 Å². The maximum absolute atomic E-state index is 14.0. The molecule has 0 bridgehead atoms. The van der Waals surface area contributed by atoms with E-state index in [1.54, 1.807) is 70.2 Å². The number of ether oxygens (including phenoxy) is 1. The molecule has 3 unspecified atom stereocenters. The molecule has 370 valence electrons. The first-order valence-electron chi connectivity index (χ1n) is 22.3. The SMILES string of the molecule is COc1cc(C(c2cc(C)c(OS(=O)(=O)C3=CC=CC4C(=O)C(=N)C=CC34)c(C)c2)c2cc(C)c(OS(=O)(=O)c3cccc4c3C=CC(=N)C4=O)c(C)c2)ccc1OS(=O)(=O)c1cccc2c1C=CC(=N)C2=O. The van der Waals surface area contributed by atoms with Crippen LogP contribution >= 0.6 is 0 Å². The number of nitrogens with one attached hydrogen (secondary N) is 3. The van der Waals surface area contributed by atoms with Crippen LogP contribution in [-0.2, 0) is 35.1 Å². The molecule has 9 rings (SSSR count). The molecule has 5 aromatic carbocycles. The standard InChI is InChI=1S/C54H43N3O13S3/c1-28-23-33(24-29(2)53(28)69-72(63,64)47-13-7-10-39-36(47)17-20-42(56)51(39)59)49(32-15-22-44(45(27-32)67-5)68-71(61,62)46-12-6-9-38-35(46)16-19-41(55)50(38)58)34-25-30(3)54(31(4)26-34)70-73(65,66)48-14-8-11-40-37(48)18-21-43(57)52(40)60/h6-27,36,39,49,55-57H,1-5H3. The van der Waals surface area contributed by atoms with Crippen molar-refractivity contribution in [3.63, 3.8) is 0 Å². The largest absolute Gasteiger partial charge is 0.493 e. The van der Waals surface area contributed by atoms with Crippen molar-refractivity contribution in [3.05, 3.63) is 187 Å². The summed E-state index contributed by atoms with van der Waals surface area (Å²) in [5.74, 6) is -4.54. The fourth-order valence-corrected chi connectivity index (χ4v) is 13.2. The van der Waals surface area contributed by atoms with E-state index in [2.05, 4.69) is 0 Å². The molecule has 73 heavy (non-hydrogen) atoms. The fraction of sp³-hybridized carbons (Fsp3) is 0.148. The molecule has 0 spiro atoms. The van der Waals surface area contributed by atoms with Gasteiger partial charge in [0.1, 0.15) is 32.7 Å². The van der Waals surface area contributed by atoms with Gasteiger partial charge in [0.05, 0.1) is 23.6 Å². The van der Waals surface area contributed by atoms with Crippen LogP contribution in [0.1, 0.15) is 76.7 Å². The molecule has 0 fully saturated rings. The quantitative estimate of drug-likeness (QED) is 0.0737. The van der Waals surface area contributed by atoms with Crippen LogP contribution in [0.25, 0.3) is 12.2 Å². The van der Waals surface area contributed by atoms with E-state index in [1.165, 1.54) is 98.2 Å². The zero-order chi connectivity index (χ0) is 52.5. The maximum atomic E-state index is 14.0. The number of hydrogen-bond acceptors (Lipinski definition) is 16. The van der Waals surface area contributed by atoms with Gasteiger partial charge in [0.2, 0.25) is 11.6 Å². The Morgan fingerprint density at radius 1 is 0.507 bits per heavy atom. The zero-order valence-corrected chi connectivity index (χ0v) is 41.9. The number of Topliss-reactive ketones (excluding diaryl/α,β-unsaturated/α-hetero) is 3. The predicted molar refractivity (Wildman–Crippen MR) is 272 cm³/mol. The summed E-state index contributed by atoms with van der Waals surface area (Å²) in [6.45, 7) is 6.61. The van der Waals surface area contributed by atoms with Gasteiger partial charge < -0.3 is 17.3 Å². The van der Waals surface area contributed by atoms with E-state index in [9.17, 15) is 39.6 Å². The van der Waals surface area contributed by atoms with E-state index in [0.717, 1.165) is 0 Å². The molecule has 4 aliphatic carbocycles. The van der Waals surface area contributed by atoms with E-state index in [4.69, 9.17) is 33.5 Å². The fourth-order valence-electron chi connectivity index (χ4n) is 9.44. The zero-order valence-electron chi connectivity index (χ0n) is 39.5. The summed E-state index contributed by atoms with van der Waals surface area (Å²) < 4.78 is 107. The van der Waals surface area contributed by atoms with Crippen LogP contribution in [0.3, 0.4) is 0 Å². The second-order valence-corrected chi connectivity index (χ2v) is 22.2. The van der Waals surface area contributed by atoms with Gasteiger partial charge in [-0.05, 0) is 115 Å². The van der Waals surface area contributed by atoms with Crippen LogP contribution in [-0.4, -0.2) is 66.8 Å². The lowest BCUT2D eigenvalue weighted by molar-refractivity contribution is -0.116. The van der Waals surface area contributed by atoms with Gasteiger partial charge in [-0.25, -0.2) is 0 Å². The Balaban J connectivity index is 1.12. The van der Waals surface area contributed by atoms with Crippen molar-refractivity contribution in [1.29, 1.82) is 16.2 Å². The molecule has 0 radical (unpaired) electrons. The number of methoxy groups -OCH3 is 1. The third kappa shape index (κ3) is 8.99. The first kappa shape index (κ1) is 49.8. The number of ketones is 3. The van der Waals surface area contributed by atoms with Crippen LogP contribution in [0.15, 0.2) is 136 Å². The highest BCUT2D eigenvalue weighted by Gasteiger charge is 2.40. The van der Waals surface area contributed by atoms with Gasteiger partial charge in [0, 0.05) is 34.1 Å². The van der Waals surface area contributed by atoms with Crippen molar-refractivity contribution in [3.8, 4) is 23.0 Å². The topological polar surface area (TPSA) is 262 Å². The smallest absolute Gasteiger partial charge is 0.339 e. The molecular formula is C54H43N3O13S3. The summed E-state index contributed by atoms with van der Waals surface area (Å²) in [7, 11) is -12.4. The minimum Gasteiger partial charge on any atom is -0.493 e. The highest BCUT2D eigenvalue weighted by molar-refractivity contribution is 7.91. The molecule has 5 aromatic rings. The van der Waals surface area contributed by atoms with Crippen molar-refractivity contribution >= 4 is 77.0 Å². The van der Waals surface area contributed by atoms with Crippen molar-refractivity contribution in [1.82, 2.24) is 0 Å². The van der Waals surface area contributed by atoms with Gasteiger partial charge in [0.15, 0.2) is 17.3 Å². The summed E-state index contributed by atoms with van der Waals surface area (Å²) in [4.78, 5) is 37.6. The molecule has 3 atom stereocenters. The Morgan fingerprint density at radius 3 is 1.51 bits per heavy atom. The number of fused-ring (bicyclic) bond motifs is 3. The molecule has 16 nitrogen and oxygen atoms in total. The monoisotopic (exact) mass is 1040 g/mol. The molecule has 0 aliphatic heterocycles. The Bertz CT molecular complexity index is 3840. The Hall–Kier alpha value is -8.13. The Morgan fingerprint density at radius 2 is 1.00 bits per heavy atom. The van der Waals surface area contributed by atoms with E-state index in [1.807, 2.05) is 0 Å². The number of carbonyl (C=O) groups excluding carboxylic acids is 3. The minimum atomic E-state index is -4.63. The average molecular weight is 1040 g/mol. The van der Waals surface area contributed by atoms with E-state index >= 15 is 0 Å². The molecule has 0 amide bonds. The summed E-state index contributed by atoms with van der Waals surface area (Å²) in [6.07, 6.45) is 12.3. The second-order valence-electron chi connectivity index (χ2n) is 17.7. The number of allylic oxidation sites excluding steroid dienone is 8. The third-order valence-corrected chi connectivity index (χ3v) is 16.8. The lowest BCUT2D eigenvalue weighted by Crippen LogP contribution is -2.35. The summed E-state index contributed by atoms with van der Waals surface area (Å²) in [6, 6.07) is 19.6. The number of aryl methyl sites for hydroxylation is 4. The third-order valence-electron chi connectivity index (χ3n) is 12.8. The van der Waals surface area contributed by atoms with E-state index < -0.39 is 65.5 Å². The molecule has 0 heterocycles. The number of benzene rings is 5. The Labute approximate surface area is 420 Å². The lowest BCUT2D eigenvalue weighted by Gasteiger charge is -2.28. The molecule has 4 aliphatic rings. The summed E-state index contributed by atoms with van der Waals surface area (Å²) in [5, 5.41) is 23.8. The van der Waals surface area contributed by atoms with Crippen LogP contribution in [0, 0.1) is 55.8 Å². The minimum absolute atomic E-state index is 0.00347. The molecule has 0 aromatic heterocycles. The van der Waals surface area contributed by atoms with Crippen LogP contribution in [0.2, 0.25) is 0 Å². The van der Waals surface area contributed by atoms with Gasteiger partial charge in [-0.1, -0.05) is 85.0 Å². The van der Waals surface area contributed by atoms with Gasteiger partial charge in [-0.2, -0.15) is 25.3 Å². The van der Waals surface area contributed by atoms with E-state index in [-0.39, 0.29) is 77.1 Å². The molecular weight excluding hydrogens is 995 g/mol. The molecule has 3 N–H and O–H groups in total. The summed E-state index contributed by atoms with van der Waals surface area (Å²) in [5.41, 5.74) is 2.60. The molecule has 0 saturated carbocycles. The highest BCUT2D eigenvalue weighted by Crippen LogP contribution is 2.44. The highest BCUT2D eigenvalue weighted by atomic mass is 32.2. The van der Waals surface area contributed by atoms with Gasteiger partial charge in [-0.15, -0.1) is 0 Å². The van der Waals surface area contributed by atoms with Crippen LogP contribution in [0.5, 0.6) is 23.0 Å². The summed E-state index contributed by atoms with van der Waals surface area (Å²) >= 11 is 0. The number of hydrogen-bond donors (Lipinski definition) is 3. The number of rotatable bonds is 13. The first-order valence-corrected chi connectivity index (χ1v) is 26.6. The van der Waals surface area contributed by atoms with Gasteiger partial charge >= 0.3 is 30.4 Å². The molecule has 0 saturated heterocycles. The normalized spacial score (nSPS) is 17.7. The van der Waals surface area contributed by atoms with Gasteiger partial charge in [-0.3, -0.25) is 30.6 Å². The van der Waals surface area contributed by atoms with Crippen LogP contribution < -0.4 is 17.3 Å². The van der Waals surface area contributed by atoms with Crippen molar-refractivity contribution < 1.29 is 56.9 Å². The van der Waals surface area contributed by atoms with E-state index in [0.29, 0.717) is 38.9 Å². The van der Waals surface area contributed by atoms with Crippen molar-refractivity contribution in [2.45, 2.75) is 43.4 Å². The Kier molecular flexibility index (Phi) is 12.6. The lowest BCUT2D eigenvalue weighted by atomic mass is 9.79. The van der Waals surface area contributed by atoms with Crippen LogP contribution in [0.4, 0.5) is 0 Å². The number of carbonyl (C=O) groups is 3. The maximum Gasteiger partial charge on any atom is 0.339 e. The van der Waals surface area contributed by atoms with Crippen molar-refractivity contribution in [2.24, 2.45) is 11.8 Å². The predicted octanol–water partition coefficient (Wildman–Crippen LogP) is 8.66. The second kappa shape index (κ2) is 18.5. The first-order chi connectivity index (χ1) is 34.5. The van der Waals surface area contributed by atoms with Crippen molar-refractivity contribution in [2.75, 3.05) is 7.11 Å².